The Labute approximate surface area is 330 Å². The highest BCUT2D eigenvalue weighted by molar-refractivity contribution is 5.17. The number of aliphatic hydroxyl groups excluding tert-OH is 6. The summed E-state index contributed by atoms with van der Waals surface area (Å²) in [6, 6.07) is -0.0191. The molecule has 0 aromatic rings. The van der Waals surface area contributed by atoms with Gasteiger partial charge >= 0.3 is 0 Å². The van der Waals surface area contributed by atoms with Gasteiger partial charge in [-0.3, -0.25) is 10.9 Å². The second-order valence-electron chi connectivity index (χ2n) is 18.3. The monoisotopic (exact) mass is 791 g/mol. The summed E-state index contributed by atoms with van der Waals surface area (Å²) in [7, 11) is 0. The summed E-state index contributed by atoms with van der Waals surface area (Å²) < 4.78 is 37.6. The largest absolute Gasteiger partial charge is 0.394 e. The van der Waals surface area contributed by atoms with Crippen molar-refractivity contribution in [3.63, 3.8) is 0 Å². The lowest BCUT2D eigenvalue weighted by molar-refractivity contribution is -0.305. The van der Waals surface area contributed by atoms with Crippen LogP contribution in [0.1, 0.15) is 180 Å². The summed E-state index contributed by atoms with van der Waals surface area (Å²) in [5.74, 6) is -0.544. The molecule has 2 saturated heterocycles. The molecule has 55 heavy (non-hydrogen) atoms. The molecule has 3 saturated carbocycles. The number of nitrogens with one attached hydrogen (secondary N) is 2. The molecule has 5 aliphatic rings. The second-order valence-corrected chi connectivity index (χ2v) is 18.3. The average molecular weight is 791 g/mol. The molecule has 10 atom stereocenters. The lowest BCUT2D eigenvalue weighted by Gasteiger charge is -2.70. The molecule has 0 spiro atoms. The van der Waals surface area contributed by atoms with Crippen LogP contribution in [-0.4, -0.2) is 105 Å². The molecule has 0 aromatic carbocycles. The van der Waals surface area contributed by atoms with Crippen molar-refractivity contribution in [1.82, 2.24) is 10.9 Å². The standard InChI is InChI=1S/C43H80F2N2O8/c1-2-3-4-5-6-7-8-9-10-14-17-20-23-34(49)36(50)32(27-54-40-39(53)38(52)37(51)35(26-48)55-40)33-25-31(46-47-33)22-19-16-13-11-12-15-18-21-24-42-28-43(29-42,30-42)41(44)45/h31-41,46-53H,2-30H2,1H3/t31?,32-,33?,34-,35?,36+,37?,38?,39?,40?,42?,43?/m1/s1. The molecule has 5 fully saturated rings. The van der Waals surface area contributed by atoms with E-state index in [1.807, 2.05) is 0 Å². The third kappa shape index (κ3) is 14.3. The van der Waals surface area contributed by atoms with E-state index in [2.05, 4.69) is 17.8 Å². The molecular weight excluding hydrogens is 710 g/mol. The normalized spacial score (nSPS) is 33.4. The SMILES string of the molecule is CCCCCCCCCCCCCC[C@@H](O)[C@@H](O)[C@H](COC1OC(CO)C(O)C(O)C1O)C1CC(CCCCCCCCCCC23CC(C(F)F)(C2)C3)NN1. The molecule has 0 aromatic heterocycles. The molecule has 12 heteroatoms. The Morgan fingerprint density at radius 2 is 1.25 bits per heavy atom. The van der Waals surface area contributed by atoms with Gasteiger partial charge in [0.15, 0.2) is 6.29 Å². The quantitative estimate of drug-likeness (QED) is 0.0340. The Kier molecular flexibility index (Phi) is 21.0. The third-order valence-electron chi connectivity index (χ3n) is 13.7. The molecule has 324 valence electrons. The van der Waals surface area contributed by atoms with Crippen molar-refractivity contribution in [3.8, 4) is 0 Å². The van der Waals surface area contributed by atoms with Crippen molar-refractivity contribution in [3.05, 3.63) is 0 Å². The zero-order valence-corrected chi connectivity index (χ0v) is 34.1. The first-order chi connectivity index (χ1) is 26.5. The second kappa shape index (κ2) is 24.5. The molecule has 10 nitrogen and oxygen atoms in total. The van der Waals surface area contributed by atoms with Gasteiger partial charge < -0.3 is 40.1 Å². The Balaban J connectivity index is 1.12. The van der Waals surface area contributed by atoms with Gasteiger partial charge in [0.25, 0.3) is 0 Å². The number of halogens is 2. The molecular formula is C43H80F2N2O8. The topological polar surface area (TPSA) is 164 Å². The average Bonchev–Trinajstić information content (AvgIpc) is 3.61. The minimum absolute atomic E-state index is 0.0666. The molecule has 2 bridgehead atoms. The van der Waals surface area contributed by atoms with Gasteiger partial charge in [-0.2, -0.15) is 0 Å². The predicted octanol–water partition coefficient (Wildman–Crippen LogP) is 6.80. The van der Waals surface area contributed by atoms with E-state index < -0.39 is 67.3 Å². The molecule has 0 amide bonds. The molecule has 8 N–H and O–H groups in total. The fourth-order valence-electron chi connectivity index (χ4n) is 10.2. The lowest BCUT2D eigenvalue weighted by Crippen LogP contribution is -2.64. The van der Waals surface area contributed by atoms with Crippen LogP contribution >= 0.6 is 0 Å². The van der Waals surface area contributed by atoms with Crippen LogP contribution in [0.5, 0.6) is 0 Å². The minimum atomic E-state index is -2.13. The van der Waals surface area contributed by atoms with E-state index in [9.17, 15) is 39.4 Å². The zero-order chi connectivity index (χ0) is 39.7. The Hall–Kier alpha value is -0.540. The zero-order valence-electron chi connectivity index (χ0n) is 34.1. The van der Waals surface area contributed by atoms with E-state index in [4.69, 9.17) is 9.47 Å². The fraction of sp³-hybridized carbons (Fsp3) is 1.00. The highest BCUT2D eigenvalue weighted by atomic mass is 19.3. The maximum Gasteiger partial charge on any atom is 0.244 e. The van der Waals surface area contributed by atoms with Gasteiger partial charge in [-0.25, -0.2) is 8.78 Å². The van der Waals surface area contributed by atoms with E-state index in [-0.39, 0.29) is 24.1 Å². The van der Waals surface area contributed by atoms with Gasteiger partial charge in [0, 0.05) is 23.4 Å². The van der Waals surface area contributed by atoms with Crippen LogP contribution in [0.2, 0.25) is 0 Å². The molecule has 2 aliphatic heterocycles. The van der Waals surface area contributed by atoms with Gasteiger partial charge in [0.1, 0.15) is 24.4 Å². The number of alkyl halides is 2. The van der Waals surface area contributed by atoms with E-state index >= 15 is 0 Å². The van der Waals surface area contributed by atoms with Gasteiger partial charge in [-0.05, 0) is 50.4 Å². The number of unbranched alkanes of at least 4 members (excludes halogenated alkanes) is 18. The van der Waals surface area contributed by atoms with E-state index in [1.165, 1.54) is 96.3 Å². The molecule has 7 unspecified atom stereocenters. The van der Waals surface area contributed by atoms with Gasteiger partial charge in [-0.15, -0.1) is 0 Å². The highest BCUT2D eigenvalue weighted by Crippen LogP contribution is 2.77. The Morgan fingerprint density at radius 1 is 0.709 bits per heavy atom. The summed E-state index contributed by atoms with van der Waals surface area (Å²) in [6.45, 7) is 1.62. The summed E-state index contributed by atoms with van der Waals surface area (Å²) in [5, 5.41) is 63.2. The van der Waals surface area contributed by atoms with Gasteiger partial charge in [-0.1, -0.05) is 135 Å². The van der Waals surface area contributed by atoms with Crippen LogP contribution in [0, 0.1) is 16.7 Å². The number of aliphatic hydroxyl groups is 6. The van der Waals surface area contributed by atoms with Crippen LogP contribution in [0.4, 0.5) is 8.78 Å². The first-order valence-electron chi connectivity index (χ1n) is 22.6. The highest BCUT2D eigenvalue weighted by Gasteiger charge is 2.70. The molecule has 5 rings (SSSR count). The van der Waals surface area contributed by atoms with Crippen molar-refractivity contribution in [2.75, 3.05) is 13.2 Å². The number of rotatable bonds is 32. The molecule has 3 aliphatic carbocycles. The lowest BCUT2D eigenvalue weighted by atomic mass is 9.34. The molecule has 0 radical (unpaired) electrons. The van der Waals surface area contributed by atoms with Gasteiger partial charge in [0.2, 0.25) is 6.43 Å². The fourth-order valence-corrected chi connectivity index (χ4v) is 10.2. The smallest absolute Gasteiger partial charge is 0.244 e. The Morgan fingerprint density at radius 3 is 1.82 bits per heavy atom. The van der Waals surface area contributed by atoms with Crippen molar-refractivity contribution < 1.29 is 48.9 Å². The van der Waals surface area contributed by atoms with Crippen molar-refractivity contribution in [2.45, 2.75) is 242 Å². The number of hydrazine groups is 1. The van der Waals surface area contributed by atoms with Gasteiger partial charge in [0.05, 0.1) is 25.4 Å². The van der Waals surface area contributed by atoms with E-state index in [0.717, 1.165) is 70.6 Å². The van der Waals surface area contributed by atoms with Crippen LogP contribution in [0.15, 0.2) is 0 Å². The first-order valence-corrected chi connectivity index (χ1v) is 22.6. The van der Waals surface area contributed by atoms with Crippen molar-refractivity contribution in [1.29, 1.82) is 0 Å². The summed E-state index contributed by atoms with van der Waals surface area (Å²) in [6.07, 6.45) is 18.4. The van der Waals surface area contributed by atoms with E-state index in [0.29, 0.717) is 6.42 Å². The van der Waals surface area contributed by atoms with Crippen LogP contribution in [0.25, 0.3) is 0 Å². The summed E-state index contributed by atoms with van der Waals surface area (Å²) in [4.78, 5) is 0. The predicted molar refractivity (Wildman–Crippen MR) is 210 cm³/mol. The number of hydrogen-bond acceptors (Lipinski definition) is 10. The van der Waals surface area contributed by atoms with Crippen LogP contribution < -0.4 is 10.9 Å². The molecule has 2 heterocycles. The summed E-state index contributed by atoms with van der Waals surface area (Å²) in [5.41, 5.74) is 6.37. The van der Waals surface area contributed by atoms with E-state index in [1.54, 1.807) is 0 Å². The minimum Gasteiger partial charge on any atom is -0.394 e. The number of ether oxygens (including phenoxy) is 2. The third-order valence-corrected chi connectivity index (χ3v) is 13.7. The van der Waals surface area contributed by atoms with Crippen LogP contribution in [0.3, 0.4) is 0 Å². The maximum absolute atomic E-state index is 13.1. The van der Waals surface area contributed by atoms with Crippen molar-refractivity contribution in [2.24, 2.45) is 16.7 Å². The number of hydrogen-bond donors (Lipinski definition) is 8. The summed E-state index contributed by atoms with van der Waals surface area (Å²) >= 11 is 0. The van der Waals surface area contributed by atoms with Crippen molar-refractivity contribution >= 4 is 0 Å². The van der Waals surface area contributed by atoms with Crippen LogP contribution in [-0.2, 0) is 9.47 Å². The maximum atomic E-state index is 13.1. The Bertz CT molecular complexity index is 1010. The first kappa shape index (κ1) is 47.1.